The Labute approximate surface area is 245 Å². The van der Waals surface area contributed by atoms with Crippen LogP contribution in [0.25, 0.3) is 6.08 Å². The zero-order chi connectivity index (χ0) is 27.6. The summed E-state index contributed by atoms with van der Waals surface area (Å²) in [5.41, 5.74) is 3.00. The molecule has 39 heavy (non-hydrogen) atoms. The minimum atomic E-state index is -0.551. The predicted molar refractivity (Wildman–Crippen MR) is 161 cm³/mol. The number of methoxy groups -OCH3 is 1. The van der Waals surface area contributed by atoms with Gasteiger partial charge >= 0.3 is 0 Å². The first kappa shape index (κ1) is 28.0. The molecule has 0 aliphatic rings. The lowest BCUT2D eigenvalue weighted by Gasteiger charge is -2.14. The number of nitrogens with zero attached hydrogens (tertiary/aromatic N) is 1. The van der Waals surface area contributed by atoms with E-state index in [0.717, 1.165) is 14.7 Å². The first-order valence-corrected chi connectivity index (χ1v) is 13.4. The highest BCUT2D eigenvalue weighted by Crippen LogP contribution is 2.37. The maximum Gasteiger partial charge on any atom is 0.266 e. The Kier molecular flexibility index (Phi) is 9.84. The van der Waals surface area contributed by atoms with E-state index >= 15 is 0 Å². The van der Waals surface area contributed by atoms with Gasteiger partial charge in [0.15, 0.2) is 11.5 Å². The number of ether oxygens (including phenoxy) is 3. The van der Waals surface area contributed by atoms with Gasteiger partial charge in [-0.2, -0.15) is 5.26 Å². The standard InChI is InChI=1S/C31H24ClIN2O4/c1-37-29-17-23(16-28(32)30(29)39-20-22-7-9-25(33)10-8-22)15-24(18-34)31(36)35-26-11-13-27(14-12-26)38-19-21-5-3-2-4-6-21/h2-17H,19-20H2,1H3,(H,35,36)/b24-15+. The zero-order valence-corrected chi connectivity index (χ0v) is 23.9. The Bertz CT molecular complexity index is 1500. The average Bonchev–Trinajstić information content (AvgIpc) is 2.96. The molecule has 0 aliphatic heterocycles. The van der Waals surface area contributed by atoms with E-state index in [-0.39, 0.29) is 5.57 Å². The summed E-state index contributed by atoms with van der Waals surface area (Å²) in [5, 5.41) is 12.7. The molecule has 8 heteroatoms. The van der Waals surface area contributed by atoms with Gasteiger partial charge in [0.25, 0.3) is 5.91 Å². The van der Waals surface area contributed by atoms with Crippen LogP contribution in [0.15, 0.2) is 96.6 Å². The van der Waals surface area contributed by atoms with Crippen molar-refractivity contribution in [3.05, 3.63) is 122 Å². The monoisotopic (exact) mass is 650 g/mol. The van der Waals surface area contributed by atoms with E-state index in [0.29, 0.717) is 46.7 Å². The van der Waals surface area contributed by atoms with Crippen LogP contribution in [0.3, 0.4) is 0 Å². The third kappa shape index (κ3) is 7.99. The van der Waals surface area contributed by atoms with Crippen molar-refractivity contribution in [1.29, 1.82) is 5.26 Å². The van der Waals surface area contributed by atoms with E-state index in [1.165, 1.54) is 13.2 Å². The minimum absolute atomic E-state index is 0.0925. The quantitative estimate of drug-likeness (QED) is 0.108. The fourth-order valence-electron chi connectivity index (χ4n) is 3.59. The lowest BCUT2D eigenvalue weighted by atomic mass is 10.1. The number of hydrogen-bond acceptors (Lipinski definition) is 5. The number of nitriles is 1. The first-order chi connectivity index (χ1) is 18.9. The molecule has 0 saturated carbocycles. The molecule has 0 atom stereocenters. The van der Waals surface area contributed by atoms with E-state index in [9.17, 15) is 10.1 Å². The minimum Gasteiger partial charge on any atom is -0.493 e. The van der Waals surface area contributed by atoms with E-state index in [2.05, 4.69) is 27.9 Å². The summed E-state index contributed by atoms with van der Waals surface area (Å²) in [6.07, 6.45) is 1.45. The van der Waals surface area contributed by atoms with E-state index < -0.39 is 5.91 Å². The predicted octanol–water partition coefficient (Wildman–Crippen LogP) is 7.66. The maximum atomic E-state index is 12.8. The van der Waals surface area contributed by atoms with Gasteiger partial charge in [-0.3, -0.25) is 4.79 Å². The molecule has 4 aromatic rings. The smallest absolute Gasteiger partial charge is 0.266 e. The van der Waals surface area contributed by atoms with Crippen molar-refractivity contribution in [1.82, 2.24) is 0 Å². The fraction of sp³-hybridized carbons (Fsp3) is 0.0968. The summed E-state index contributed by atoms with van der Waals surface area (Å²) in [7, 11) is 1.50. The number of benzene rings is 4. The molecule has 0 aliphatic carbocycles. The van der Waals surface area contributed by atoms with Crippen molar-refractivity contribution in [2.24, 2.45) is 0 Å². The van der Waals surface area contributed by atoms with E-state index in [1.807, 2.05) is 60.7 Å². The second-order valence-corrected chi connectivity index (χ2v) is 10.0. The number of hydrogen-bond donors (Lipinski definition) is 1. The van der Waals surface area contributed by atoms with Crippen LogP contribution in [0.1, 0.15) is 16.7 Å². The molecule has 0 unspecified atom stereocenters. The molecular weight excluding hydrogens is 627 g/mol. The summed E-state index contributed by atoms with van der Waals surface area (Å²) in [6, 6.07) is 30.0. The molecule has 0 fully saturated rings. The second kappa shape index (κ2) is 13.7. The van der Waals surface area contributed by atoms with E-state index in [1.54, 1.807) is 36.4 Å². The molecule has 4 aromatic carbocycles. The first-order valence-electron chi connectivity index (χ1n) is 11.9. The van der Waals surface area contributed by atoms with Crippen LogP contribution in [0, 0.1) is 14.9 Å². The lowest BCUT2D eigenvalue weighted by Crippen LogP contribution is -2.13. The highest BCUT2D eigenvalue weighted by molar-refractivity contribution is 14.1. The van der Waals surface area contributed by atoms with Gasteiger partial charge in [-0.05, 0) is 93.9 Å². The molecule has 0 saturated heterocycles. The third-order valence-corrected chi connectivity index (χ3v) is 6.58. The topological polar surface area (TPSA) is 80.6 Å². The number of carbonyl (C=O) groups is 1. The molecule has 0 aromatic heterocycles. The maximum absolute atomic E-state index is 12.8. The molecular formula is C31H24ClIN2O4. The highest BCUT2D eigenvalue weighted by Gasteiger charge is 2.15. The molecule has 0 spiro atoms. The Morgan fingerprint density at radius 2 is 1.62 bits per heavy atom. The van der Waals surface area contributed by atoms with Gasteiger partial charge in [-0.15, -0.1) is 0 Å². The van der Waals surface area contributed by atoms with Gasteiger partial charge in [0.2, 0.25) is 0 Å². The lowest BCUT2D eigenvalue weighted by molar-refractivity contribution is -0.112. The Balaban J connectivity index is 1.42. The molecule has 1 N–H and O–H groups in total. The average molecular weight is 651 g/mol. The fourth-order valence-corrected chi connectivity index (χ4v) is 4.22. The second-order valence-electron chi connectivity index (χ2n) is 8.37. The van der Waals surface area contributed by atoms with Crippen molar-refractivity contribution in [3.8, 4) is 23.3 Å². The summed E-state index contributed by atoms with van der Waals surface area (Å²) in [4.78, 5) is 12.8. The van der Waals surface area contributed by atoms with Crippen LogP contribution in [0.4, 0.5) is 5.69 Å². The molecule has 196 valence electrons. The summed E-state index contributed by atoms with van der Waals surface area (Å²) in [6.45, 7) is 0.750. The van der Waals surface area contributed by atoms with Crippen molar-refractivity contribution in [2.75, 3.05) is 12.4 Å². The number of amides is 1. The van der Waals surface area contributed by atoms with Crippen molar-refractivity contribution >= 4 is 51.9 Å². The third-order valence-electron chi connectivity index (χ3n) is 5.58. The molecule has 0 heterocycles. The van der Waals surface area contributed by atoms with Gasteiger partial charge in [0.1, 0.15) is 30.6 Å². The van der Waals surface area contributed by atoms with E-state index in [4.69, 9.17) is 25.8 Å². The molecule has 0 bridgehead atoms. The van der Waals surface area contributed by atoms with Crippen LogP contribution in [-0.2, 0) is 18.0 Å². The SMILES string of the molecule is COc1cc(/C=C(\C#N)C(=O)Nc2ccc(OCc3ccccc3)cc2)cc(Cl)c1OCc1ccc(I)cc1. The number of rotatable bonds is 10. The molecule has 1 amide bonds. The van der Waals surface area contributed by atoms with Crippen LogP contribution in [0.5, 0.6) is 17.2 Å². The zero-order valence-electron chi connectivity index (χ0n) is 21.0. The van der Waals surface area contributed by atoms with Crippen molar-refractivity contribution in [2.45, 2.75) is 13.2 Å². The Hall–Kier alpha value is -4.00. The van der Waals surface area contributed by atoms with Gasteiger partial charge < -0.3 is 19.5 Å². The van der Waals surface area contributed by atoms with Crippen LogP contribution < -0.4 is 19.5 Å². The normalized spacial score (nSPS) is 10.9. The summed E-state index contributed by atoms with van der Waals surface area (Å²) >= 11 is 8.73. The number of nitrogens with one attached hydrogen (secondary N) is 1. The van der Waals surface area contributed by atoms with Crippen LogP contribution in [-0.4, -0.2) is 13.0 Å². The van der Waals surface area contributed by atoms with Gasteiger partial charge in [-0.1, -0.05) is 54.1 Å². The Morgan fingerprint density at radius 3 is 2.28 bits per heavy atom. The number of anilines is 1. The van der Waals surface area contributed by atoms with Crippen LogP contribution >= 0.6 is 34.2 Å². The van der Waals surface area contributed by atoms with Gasteiger partial charge in [-0.25, -0.2) is 0 Å². The number of carbonyl (C=O) groups excluding carboxylic acids is 1. The molecule has 6 nitrogen and oxygen atoms in total. The number of halogens is 2. The highest BCUT2D eigenvalue weighted by atomic mass is 127. The molecule has 0 radical (unpaired) electrons. The largest absolute Gasteiger partial charge is 0.493 e. The molecule has 4 rings (SSSR count). The Morgan fingerprint density at radius 1 is 0.949 bits per heavy atom. The van der Waals surface area contributed by atoms with Gasteiger partial charge in [0, 0.05) is 9.26 Å². The van der Waals surface area contributed by atoms with Crippen molar-refractivity contribution < 1.29 is 19.0 Å². The van der Waals surface area contributed by atoms with Crippen LogP contribution in [0.2, 0.25) is 5.02 Å². The summed E-state index contributed by atoms with van der Waals surface area (Å²) < 4.78 is 18.3. The van der Waals surface area contributed by atoms with Crippen molar-refractivity contribution in [3.63, 3.8) is 0 Å². The summed E-state index contributed by atoms with van der Waals surface area (Å²) in [5.74, 6) is 0.888. The van der Waals surface area contributed by atoms with Gasteiger partial charge in [0.05, 0.1) is 12.1 Å².